The molecule has 1 amide bonds. The monoisotopic (exact) mass is 514 g/mol. The Hall–Kier alpha value is -2.59. The summed E-state index contributed by atoms with van der Waals surface area (Å²) in [7, 11) is 0. The number of hydrogen-bond acceptors (Lipinski definition) is 3. The molecule has 2 saturated heterocycles. The van der Waals surface area contributed by atoms with Gasteiger partial charge in [0.2, 0.25) is 5.91 Å². The first-order valence-corrected chi connectivity index (χ1v) is 11.8. The highest BCUT2D eigenvalue weighted by molar-refractivity contribution is 5.80. The molecule has 0 aliphatic carbocycles. The first-order valence-electron chi connectivity index (χ1n) is 11.8. The molecule has 2 aromatic carbocycles. The number of amides is 1. The molecule has 196 valence electrons. The summed E-state index contributed by atoms with van der Waals surface area (Å²) in [6, 6.07) is 10.6. The standard InChI is InChI=1S/C26H28F6N2O2/c1-15(2)33-23(35)20-13-24(17-6-4-3-5-7-17)22(9-8-21(20)34-24)36-14-16-10-18(25(27,28)29)12-19(11-16)26(30,31)32/h3-7,10-12,15,20-22,34H,8-9,13-14H2,1-2H3,(H,33,35). The Labute approximate surface area is 205 Å². The first-order chi connectivity index (χ1) is 16.8. The van der Waals surface area contributed by atoms with Crippen LogP contribution in [0, 0.1) is 5.92 Å². The van der Waals surface area contributed by atoms with E-state index in [2.05, 4.69) is 10.6 Å². The van der Waals surface area contributed by atoms with E-state index in [1.165, 1.54) is 0 Å². The number of carbonyl (C=O) groups is 1. The van der Waals surface area contributed by atoms with Crippen LogP contribution in [-0.2, 0) is 34.0 Å². The Bertz CT molecular complexity index is 1050. The van der Waals surface area contributed by atoms with Crippen molar-refractivity contribution in [3.63, 3.8) is 0 Å². The minimum absolute atomic E-state index is 0.0404. The molecule has 0 saturated carbocycles. The number of rotatable bonds is 6. The van der Waals surface area contributed by atoms with Gasteiger partial charge in [-0.2, -0.15) is 26.3 Å². The highest BCUT2D eigenvalue weighted by Gasteiger charge is 2.56. The van der Waals surface area contributed by atoms with Crippen LogP contribution in [0.15, 0.2) is 48.5 Å². The zero-order valence-electron chi connectivity index (χ0n) is 19.8. The van der Waals surface area contributed by atoms with Crippen molar-refractivity contribution >= 4 is 5.91 Å². The van der Waals surface area contributed by atoms with Crippen LogP contribution in [-0.4, -0.2) is 24.1 Å². The van der Waals surface area contributed by atoms with Gasteiger partial charge in [-0.1, -0.05) is 30.3 Å². The predicted octanol–water partition coefficient (Wildman–Crippen LogP) is 5.80. The highest BCUT2D eigenvalue weighted by Crippen LogP contribution is 2.48. The lowest BCUT2D eigenvalue weighted by atomic mass is 9.80. The second-order valence-electron chi connectivity index (χ2n) is 9.85. The van der Waals surface area contributed by atoms with E-state index in [9.17, 15) is 31.1 Å². The lowest BCUT2D eigenvalue weighted by Crippen LogP contribution is -2.54. The van der Waals surface area contributed by atoms with Gasteiger partial charge >= 0.3 is 12.4 Å². The van der Waals surface area contributed by atoms with Crippen molar-refractivity contribution in [2.45, 2.75) is 75.8 Å². The molecular formula is C26H28F6N2O2. The summed E-state index contributed by atoms with van der Waals surface area (Å²) in [5.41, 5.74) is -2.89. The number of nitrogens with one attached hydrogen (secondary N) is 2. The molecule has 4 unspecified atom stereocenters. The van der Waals surface area contributed by atoms with Gasteiger partial charge in [-0.05, 0) is 62.4 Å². The quantitative estimate of drug-likeness (QED) is 0.479. The van der Waals surface area contributed by atoms with Crippen molar-refractivity contribution in [1.29, 1.82) is 0 Å². The van der Waals surface area contributed by atoms with Gasteiger partial charge in [0.05, 0.1) is 35.3 Å². The van der Waals surface area contributed by atoms with E-state index in [1.807, 2.05) is 44.2 Å². The summed E-state index contributed by atoms with van der Waals surface area (Å²) < 4.78 is 85.8. The van der Waals surface area contributed by atoms with Crippen LogP contribution < -0.4 is 10.6 Å². The predicted molar refractivity (Wildman–Crippen MR) is 121 cm³/mol. The second-order valence-corrected chi connectivity index (χ2v) is 9.85. The van der Waals surface area contributed by atoms with Crippen LogP contribution >= 0.6 is 0 Å². The fraction of sp³-hybridized carbons (Fsp3) is 0.500. The molecule has 2 heterocycles. The Morgan fingerprint density at radius 3 is 2.19 bits per heavy atom. The normalized spacial score (nSPS) is 26.3. The number of alkyl halides is 6. The number of benzene rings is 2. The van der Waals surface area contributed by atoms with Crippen molar-refractivity contribution in [3.8, 4) is 0 Å². The molecule has 10 heteroatoms. The molecule has 2 fully saturated rings. The molecule has 0 radical (unpaired) electrons. The average molecular weight is 515 g/mol. The van der Waals surface area contributed by atoms with Gasteiger partial charge in [0.15, 0.2) is 0 Å². The van der Waals surface area contributed by atoms with Crippen LogP contribution in [0.2, 0.25) is 0 Å². The molecular weight excluding hydrogens is 486 g/mol. The van der Waals surface area contributed by atoms with Crippen molar-refractivity contribution in [1.82, 2.24) is 10.6 Å². The zero-order valence-corrected chi connectivity index (χ0v) is 19.8. The van der Waals surface area contributed by atoms with E-state index < -0.39 is 41.7 Å². The summed E-state index contributed by atoms with van der Waals surface area (Å²) in [6.07, 6.45) is -8.92. The third-order valence-corrected chi connectivity index (χ3v) is 6.92. The molecule has 0 aromatic heterocycles. The van der Waals surface area contributed by atoms with E-state index in [0.717, 1.165) is 5.56 Å². The van der Waals surface area contributed by atoms with Crippen LogP contribution in [0.25, 0.3) is 0 Å². The van der Waals surface area contributed by atoms with E-state index in [-0.39, 0.29) is 35.5 Å². The number of carbonyl (C=O) groups excluding carboxylic acids is 1. The molecule has 2 bridgehead atoms. The highest BCUT2D eigenvalue weighted by atomic mass is 19.4. The van der Waals surface area contributed by atoms with Gasteiger partial charge in [0.25, 0.3) is 0 Å². The van der Waals surface area contributed by atoms with Crippen molar-refractivity contribution in [2.24, 2.45) is 5.92 Å². The molecule has 2 aliphatic heterocycles. The molecule has 4 nitrogen and oxygen atoms in total. The van der Waals surface area contributed by atoms with Crippen molar-refractivity contribution in [3.05, 3.63) is 70.8 Å². The maximum absolute atomic E-state index is 13.3. The van der Waals surface area contributed by atoms with E-state index >= 15 is 0 Å². The number of piperidine rings is 1. The number of halogens is 6. The fourth-order valence-electron chi connectivity index (χ4n) is 5.37. The van der Waals surface area contributed by atoms with Crippen molar-refractivity contribution < 1.29 is 35.9 Å². The van der Waals surface area contributed by atoms with Gasteiger partial charge in [-0.3, -0.25) is 4.79 Å². The third kappa shape index (κ3) is 5.39. The number of hydrogen-bond donors (Lipinski definition) is 2. The summed E-state index contributed by atoms with van der Waals surface area (Å²) in [6.45, 7) is 3.31. The average Bonchev–Trinajstić information content (AvgIpc) is 3.12. The van der Waals surface area contributed by atoms with Crippen LogP contribution in [0.5, 0.6) is 0 Å². The van der Waals surface area contributed by atoms with Gasteiger partial charge in [0, 0.05) is 12.1 Å². The SMILES string of the molecule is CC(C)NC(=O)C1CC2(c3ccccc3)NC1CCC2OCc1cc(C(F)(F)F)cc(C(F)(F)F)c1. The maximum Gasteiger partial charge on any atom is 0.416 e. The maximum atomic E-state index is 13.3. The Kier molecular flexibility index (Phi) is 7.13. The van der Waals surface area contributed by atoms with Gasteiger partial charge in [-0.25, -0.2) is 0 Å². The fourth-order valence-corrected chi connectivity index (χ4v) is 5.37. The Morgan fingerprint density at radius 2 is 1.64 bits per heavy atom. The molecule has 4 rings (SSSR count). The molecule has 2 aromatic rings. The minimum Gasteiger partial charge on any atom is -0.371 e. The lowest BCUT2D eigenvalue weighted by Gasteiger charge is -2.42. The minimum atomic E-state index is -4.93. The second kappa shape index (κ2) is 9.70. The lowest BCUT2D eigenvalue weighted by molar-refractivity contribution is -0.143. The van der Waals surface area contributed by atoms with E-state index in [1.54, 1.807) is 0 Å². The van der Waals surface area contributed by atoms with Gasteiger partial charge < -0.3 is 15.4 Å². The number of ether oxygens (including phenoxy) is 1. The number of fused-ring (bicyclic) bond motifs is 2. The largest absolute Gasteiger partial charge is 0.416 e. The zero-order chi connectivity index (χ0) is 26.3. The molecule has 2 aliphatic rings. The Balaban J connectivity index is 1.63. The summed E-state index contributed by atoms with van der Waals surface area (Å²) >= 11 is 0. The summed E-state index contributed by atoms with van der Waals surface area (Å²) in [5.74, 6) is -0.430. The molecule has 4 atom stereocenters. The molecule has 36 heavy (non-hydrogen) atoms. The Morgan fingerprint density at radius 1 is 1.03 bits per heavy atom. The van der Waals surface area contributed by atoms with Crippen LogP contribution in [0.1, 0.15) is 55.4 Å². The van der Waals surface area contributed by atoms with E-state index in [4.69, 9.17) is 4.74 Å². The van der Waals surface area contributed by atoms with Crippen LogP contribution in [0.3, 0.4) is 0 Å². The first kappa shape index (κ1) is 26.5. The topological polar surface area (TPSA) is 50.4 Å². The molecule has 0 spiro atoms. The summed E-state index contributed by atoms with van der Waals surface area (Å²) in [4.78, 5) is 12.9. The molecule has 2 N–H and O–H groups in total. The third-order valence-electron chi connectivity index (χ3n) is 6.92. The van der Waals surface area contributed by atoms with Crippen molar-refractivity contribution in [2.75, 3.05) is 0 Å². The van der Waals surface area contributed by atoms with Gasteiger partial charge in [-0.15, -0.1) is 0 Å². The van der Waals surface area contributed by atoms with Gasteiger partial charge in [0.1, 0.15) is 0 Å². The summed E-state index contributed by atoms with van der Waals surface area (Å²) in [5, 5.41) is 6.48. The van der Waals surface area contributed by atoms with E-state index in [0.29, 0.717) is 31.4 Å². The van der Waals surface area contributed by atoms with Crippen LogP contribution in [0.4, 0.5) is 26.3 Å². The smallest absolute Gasteiger partial charge is 0.371 e.